The molecule has 0 saturated heterocycles. The van der Waals surface area contributed by atoms with Crippen LogP contribution in [0.4, 0.5) is 8.78 Å². The Kier molecular flexibility index (Phi) is 5.42. The van der Waals surface area contributed by atoms with Crippen LogP contribution in [0, 0.1) is 11.6 Å². The van der Waals surface area contributed by atoms with Crippen molar-refractivity contribution in [1.29, 1.82) is 0 Å². The van der Waals surface area contributed by atoms with Crippen molar-refractivity contribution >= 4 is 0 Å². The molecule has 0 bridgehead atoms. The van der Waals surface area contributed by atoms with Crippen LogP contribution < -0.4 is 11.3 Å². The van der Waals surface area contributed by atoms with Gasteiger partial charge in [0.1, 0.15) is 11.6 Å². The van der Waals surface area contributed by atoms with Gasteiger partial charge < -0.3 is 0 Å². The van der Waals surface area contributed by atoms with Crippen molar-refractivity contribution in [2.75, 3.05) is 0 Å². The van der Waals surface area contributed by atoms with Gasteiger partial charge in [0.25, 0.3) is 0 Å². The van der Waals surface area contributed by atoms with E-state index in [0.29, 0.717) is 0 Å². The normalized spacial score (nSPS) is 12.4. The summed E-state index contributed by atoms with van der Waals surface area (Å²) in [5.74, 6) is 4.47. The van der Waals surface area contributed by atoms with Gasteiger partial charge in [-0.2, -0.15) is 0 Å². The Hall–Kier alpha value is -1.78. The zero-order valence-electron chi connectivity index (χ0n) is 12.1. The number of benzene rings is 2. The molecule has 2 aromatic carbocycles. The first-order valence-corrected chi connectivity index (χ1v) is 7.13. The van der Waals surface area contributed by atoms with Crippen LogP contribution in [0.5, 0.6) is 0 Å². The van der Waals surface area contributed by atoms with E-state index in [1.54, 1.807) is 0 Å². The van der Waals surface area contributed by atoms with E-state index in [2.05, 4.69) is 12.3 Å². The Morgan fingerprint density at radius 3 is 2.19 bits per heavy atom. The van der Waals surface area contributed by atoms with E-state index in [0.717, 1.165) is 18.4 Å². The molecule has 0 heterocycles. The van der Waals surface area contributed by atoms with Gasteiger partial charge in [-0.3, -0.25) is 11.3 Å². The molecule has 0 aliphatic heterocycles. The molecular weight excluding hydrogens is 270 g/mol. The van der Waals surface area contributed by atoms with E-state index in [1.807, 2.05) is 24.3 Å². The zero-order valence-corrected chi connectivity index (χ0v) is 12.1. The lowest BCUT2D eigenvalue weighted by molar-refractivity contribution is 0.500. The van der Waals surface area contributed by atoms with Crippen LogP contribution in [-0.2, 0) is 12.8 Å². The summed E-state index contributed by atoms with van der Waals surface area (Å²) in [6, 6.07) is 11.5. The first kappa shape index (κ1) is 15.6. The van der Waals surface area contributed by atoms with Gasteiger partial charge >= 0.3 is 0 Å². The molecule has 0 aromatic heterocycles. The van der Waals surface area contributed by atoms with E-state index >= 15 is 0 Å². The second-order valence-corrected chi connectivity index (χ2v) is 5.12. The molecule has 0 aliphatic carbocycles. The predicted octanol–water partition coefficient (Wildman–Crippen LogP) is 3.66. The average Bonchev–Trinajstić information content (AvgIpc) is 2.49. The third-order valence-corrected chi connectivity index (χ3v) is 3.59. The summed E-state index contributed by atoms with van der Waals surface area (Å²) in [7, 11) is 0. The molecule has 0 amide bonds. The van der Waals surface area contributed by atoms with E-state index in [4.69, 9.17) is 5.84 Å². The summed E-state index contributed by atoms with van der Waals surface area (Å²) < 4.78 is 27.4. The van der Waals surface area contributed by atoms with Crippen LogP contribution in [0.15, 0.2) is 42.5 Å². The number of halogens is 2. The highest BCUT2D eigenvalue weighted by atomic mass is 19.1. The maximum atomic E-state index is 13.7. The number of hydrogen-bond acceptors (Lipinski definition) is 2. The van der Waals surface area contributed by atoms with Gasteiger partial charge in [0, 0.05) is 5.56 Å². The number of nitrogens with two attached hydrogens (primary N) is 1. The van der Waals surface area contributed by atoms with Crippen molar-refractivity contribution in [3.05, 3.63) is 70.8 Å². The Balaban J connectivity index is 2.19. The predicted molar refractivity (Wildman–Crippen MR) is 80.6 cm³/mol. The average molecular weight is 290 g/mol. The van der Waals surface area contributed by atoms with Crippen molar-refractivity contribution in [3.8, 4) is 0 Å². The largest absolute Gasteiger partial charge is 0.271 e. The molecule has 0 saturated carbocycles. The molecule has 0 fully saturated rings. The maximum absolute atomic E-state index is 13.7. The molecule has 2 rings (SSSR count). The third kappa shape index (κ3) is 3.86. The number of hydrazine groups is 1. The molecule has 21 heavy (non-hydrogen) atoms. The topological polar surface area (TPSA) is 38.0 Å². The van der Waals surface area contributed by atoms with E-state index in [1.165, 1.54) is 23.8 Å². The zero-order chi connectivity index (χ0) is 15.2. The van der Waals surface area contributed by atoms with Gasteiger partial charge in [-0.1, -0.05) is 43.7 Å². The summed E-state index contributed by atoms with van der Waals surface area (Å²) in [5, 5.41) is 0. The fraction of sp³-hybridized carbons (Fsp3) is 0.294. The monoisotopic (exact) mass is 290 g/mol. The van der Waals surface area contributed by atoms with Gasteiger partial charge in [-0.25, -0.2) is 8.78 Å². The lowest BCUT2D eigenvalue weighted by Gasteiger charge is -2.17. The molecule has 1 unspecified atom stereocenters. The maximum Gasteiger partial charge on any atom is 0.129 e. The quantitative estimate of drug-likeness (QED) is 0.629. The molecule has 1 atom stereocenters. The summed E-state index contributed by atoms with van der Waals surface area (Å²) in [4.78, 5) is 0. The summed E-state index contributed by atoms with van der Waals surface area (Å²) >= 11 is 0. The summed E-state index contributed by atoms with van der Waals surface area (Å²) in [6.07, 6.45) is 2.27. The first-order chi connectivity index (χ1) is 10.2. The van der Waals surface area contributed by atoms with Crippen molar-refractivity contribution in [2.45, 2.75) is 32.2 Å². The van der Waals surface area contributed by atoms with Gasteiger partial charge in [0.15, 0.2) is 0 Å². The number of aryl methyl sites for hydroxylation is 1. The van der Waals surface area contributed by atoms with Crippen molar-refractivity contribution in [2.24, 2.45) is 5.84 Å². The van der Waals surface area contributed by atoms with Gasteiger partial charge in [0.2, 0.25) is 0 Å². The minimum atomic E-state index is -0.544. The van der Waals surface area contributed by atoms with E-state index < -0.39 is 11.6 Å². The van der Waals surface area contributed by atoms with Gasteiger partial charge in [-0.05, 0) is 36.1 Å². The molecular formula is C17H20F2N2. The minimum absolute atomic E-state index is 0.0538. The fourth-order valence-corrected chi connectivity index (χ4v) is 2.41. The Morgan fingerprint density at radius 1 is 1.05 bits per heavy atom. The summed E-state index contributed by atoms with van der Waals surface area (Å²) in [5.41, 5.74) is 4.85. The van der Waals surface area contributed by atoms with Crippen molar-refractivity contribution in [1.82, 2.24) is 5.43 Å². The van der Waals surface area contributed by atoms with Gasteiger partial charge in [-0.15, -0.1) is 0 Å². The van der Waals surface area contributed by atoms with Crippen molar-refractivity contribution in [3.63, 3.8) is 0 Å². The van der Waals surface area contributed by atoms with E-state index in [-0.39, 0.29) is 18.0 Å². The van der Waals surface area contributed by atoms with Crippen LogP contribution in [-0.4, -0.2) is 0 Å². The van der Waals surface area contributed by atoms with E-state index in [9.17, 15) is 8.78 Å². The number of rotatable bonds is 6. The van der Waals surface area contributed by atoms with Crippen LogP contribution in [0.25, 0.3) is 0 Å². The molecule has 0 radical (unpaired) electrons. The van der Waals surface area contributed by atoms with Crippen LogP contribution in [0.1, 0.15) is 36.1 Å². The fourth-order valence-electron chi connectivity index (χ4n) is 2.41. The van der Waals surface area contributed by atoms with Gasteiger partial charge in [0.05, 0.1) is 6.04 Å². The standard InChI is InChI=1S/C17H20F2N2/c1-2-4-12-7-9-13(10-8-12)17(21-20)11-14-15(18)5-3-6-16(14)19/h3,5-10,17,21H,2,4,11,20H2,1H3. The molecule has 112 valence electrons. The Labute approximate surface area is 124 Å². The molecule has 2 nitrogen and oxygen atoms in total. The Morgan fingerprint density at radius 2 is 1.67 bits per heavy atom. The molecule has 2 aromatic rings. The number of nitrogens with one attached hydrogen (secondary N) is 1. The molecule has 0 aliphatic rings. The lowest BCUT2D eigenvalue weighted by atomic mass is 9.97. The lowest BCUT2D eigenvalue weighted by Crippen LogP contribution is -2.30. The van der Waals surface area contributed by atoms with Crippen LogP contribution in [0.3, 0.4) is 0 Å². The minimum Gasteiger partial charge on any atom is -0.271 e. The number of hydrogen-bond donors (Lipinski definition) is 2. The Bertz CT molecular complexity index is 562. The molecule has 4 heteroatoms. The summed E-state index contributed by atoms with van der Waals surface area (Å²) in [6.45, 7) is 2.12. The molecule has 3 N–H and O–H groups in total. The highest BCUT2D eigenvalue weighted by molar-refractivity contribution is 5.28. The second kappa shape index (κ2) is 7.29. The van der Waals surface area contributed by atoms with Crippen LogP contribution in [0.2, 0.25) is 0 Å². The van der Waals surface area contributed by atoms with Crippen molar-refractivity contribution < 1.29 is 8.78 Å². The smallest absolute Gasteiger partial charge is 0.129 e. The first-order valence-electron chi connectivity index (χ1n) is 7.13. The molecule has 0 spiro atoms. The second-order valence-electron chi connectivity index (χ2n) is 5.12. The highest BCUT2D eigenvalue weighted by Gasteiger charge is 2.16. The highest BCUT2D eigenvalue weighted by Crippen LogP contribution is 2.22. The SMILES string of the molecule is CCCc1ccc(C(Cc2c(F)cccc2F)NN)cc1. The van der Waals surface area contributed by atoms with Crippen LogP contribution >= 0.6 is 0 Å². The third-order valence-electron chi connectivity index (χ3n) is 3.59.